The van der Waals surface area contributed by atoms with Crippen molar-refractivity contribution in [2.75, 3.05) is 18.5 Å². The number of nitrogens with zero attached hydrogens (tertiary/aromatic N) is 4. The molecule has 3 rings (SSSR count). The van der Waals surface area contributed by atoms with E-state index in [-0.39, 0.29) is 0 Å². The normalized spacial score (nSPS) is 10.7. The number of fused-ring (bicyclic) bond motifs is 1. The molecule has 2 heterocycles. The Balaban J connectivity index is 1.56. The zero-order valence-electron chi connectivity index (χ0n) is 11.2. The Morgan fingerprint density at radius 2 is 2.30 bits per heavy atom. The van der Waals surface area contributed by atoms with Gasteiger partial charge in [0.15, 0.2) is 5.82 Å². The van der Waals surface area contributed by atoms with Crippen LogP contribution in [0, 0.1) is 6.92 Å². The summed E-state index contributed by atoms with van der Waals surface area (Å²) in [6.45, 7) is 3.24. The summed E-state index contributed by atoms with van der Waals surface area (Å²) in [7, 11) is 0. The molecule has 1 aromatic carbocycles. The Morgan fingerprint density at radius 3 is 3.20 bits per heavy atom. The molecular formula is C14H15N5O. The van der Waals surface area contributed by atoms with Gasteiger partial charge in [-0.05, 0) is 24.6 Å². The minimum Gasteiger partial charge on any atom is -0.492 e. The molecule has 0 atom stereocenters. The average molecular weight is 269 g/mol. The lowest BCUT2D eigenvalue weighted by molar-refractivity contribution is 0.332. The number of aromatic nitrogens is 4. The number of anilines is 1. The minimum atomic E-state index is 0.556. The zero-order valence-corrected chi connectivity index (χ0v) is 11.2. The van der Waals surface area contributed by atoms with Crippen LogP contribution < -0.4 is 10.1 Å². The standard InChI is InChI=1S/C14H15N5O/c1-11-3-2-4-12(9-11)20-8-6-16-13-14-18-17-10-19(14)7-5-15-13/h2-5,7,9-10H,6,8H2,1H3,(H,15,16). The summed E-state index contributed by atoms with van der Waals surface area (Å²) in [6.07, 6.45) is 5.16. The maximum atomic E-state index is 5.67. The zero-order chi connectivity index (χ0) is 13.8. The number of rotatable bonds is 5. The molecule has 2 aromatic heterocycles. The second-order valence-electron chi connectivity index (χ2n) is 4.43. The first-order valence-corrected chi connectivity index (χ1v) is 6.40. The minimum absolute atomic E-state index is 0.556. The molecule has 0 aliphatic carbocycles. The van der Waals surface area contributed by atoms with Crippen molar-refractivity contribution in [1.29, 1.82) is 0 Å². The lowest BCUT2D eigenvalue weighted by atomic mass is 10.2. The van der Waals surface area contributed by atoms with Gasteiger partial charge in [-0.15, -0.1) is 10.2 Å². The van der Waals surface area contributed by atoms with E-state index in [4.69, 9.17) is 4.74 Å². The van der Waals surface area contributed by atoms with Crippen molar-refractivity contribution < 1.29 is 4.74 Å². The SMILES string of the molecule is Cc1cccc(OCCNc2nccn3cnnc23)c1. The molecule has 102 valence electrons. The highest BCUT2D eigenvalue weighted by atomic mass is 16.5. The third kappa shape index (κ3) is 2.69. The Bertz CT molecular complexity index is 709. The highest BCUT2D eigenvalue weighted by Crippen LogP contribution is 2.12. The Morgan fingerprint density at radius 1 is 1.35 bits per heavy atom. The van der Waals surface area contributed by atoms with Crippen LogP contribution in [-0.2, 0) is 0 Å². The fourth-order valence-electron chi connectivity index (χ4n) is 1.93. The fraction of sp³-hybridized carbons (Fsp3) is 0.214. The molecular weight excluding hydrogens is 254 g/mol. The molecule has 1 N–H and O–H groups in total. The van der Waals surface area contributed by atoms with Crippen LogP contribution in [0.1, 0.15) is 5.56 Å². The van der Waals surface area contributed by atoms with Crippen LogP contribution in [0.3, 0.4) is 0 Å². The lowest BCUT2D eigenvalue weighted by Gasteiger charge is -2.08. The lowest BCUT2D eigenvalue weighted by Crippen LogP contribution is -2.13. The van der Waals surface area contributed by atoms with Crippen LogP contribution in [-0.4, -0.2) is 32.7 Å². The monoisotopic (exact) mass is 269 g/mol. The molecule has 0 radical (unpaired) electrons. The topological polar surface area (TPSA) is 64.3 Å². The number of hydrogen-bond acceptors (Lipinski definition) is 5. The quantitative estimate of drug-likeness (QED) is 0.717. The Kier molecular flexibility index (Phi) is 3.45. The van der Waals surface area contributed by atoms with Crippen molar-refractivity contribution >= 4 is 11.5 Å². The van der Waals surface area contributed by atoms with Gasteiger partial charge in [0.25, 0.3) is 0 Å². The summed E-state index contributed by atoms with van der Waals surface area (Å²) >= 11 is 0. The first kappa shape index (κ1) is 12.4. The summed E-state index contributed by atoms with van der Waals surface area (Å²) in [5.41, 5.74) is 1.90. The van der Waals surface area contributed by atoms with Crippen LogP contribution in [0.15, 0.2) is 43.0 Å². The van der Waals surface area contributed by atoms with E-state index in [1.165, 1.54) is 5.56 Å². The third-order valence-electron chi connectivity index (χ3n) is 2.87. The third-order valence-corrected chi connectivity index (χ3v) is 2.87. The van der Waals surface area contributed by atoms with Gasteiger partial charge in [-0.1, -0.05) is 12.1 Å². The molecule has 0 amide bonds. The van der Waals surface area contributed by atoms with Crippen LogP contribution in [0.4, 0.5) is 5.82 Å². The predicted octanol–water partition coefficient (Wildman–Crippen LogP) is 1.92. The highest BCUT2D eigenvalue weighted by molar-refractivity contribution is 5.61. The van der Waals surface area contributed by atoms with E-state index in [0.717, 1.165) is 5.75 Å². The summed E-state index contributed by atoms with van der Waals surface area (Å²) in [5.74, 6) is 1.58. The molecule has 6 heteroatoms. The molecule has 0 saturated heterocycles. The van der Waals surface area contributed by atoms with E-state index in [0.29, 0.717) is 24.6 Å². The fourth-order valence-corrected chi connectivity index (χ4v) is 1.93. The van der Waals surface area contributed by atoms with Crippen molar-refractivity contribution in [1.82, 2.24) is 19.6 Å². The van der Waals surface area contributed by atoms with Gasteiger partial charge in [-0.3, -0.25) is 4.40 Å². The molecule has 0 fully saturated rings. The van der Waals surface area contributed by atoms with Gasteiger partial charge in [0, 0.05) is 12.4 Å². The summed E-state index contributed by atoms with van der Waals surface area (Å²) in [5, 5.41) is 11.1. The second-order valence-corrected chi connectivity index (χ2v) is 4.43. The molecule has 0 spiro atoms. The molecule has 0 bridgehead atoms. The van der Waals surface area contributed by atoms with Crippen LogP contribution >= 0.6 is 0 Å². The summed E-state index contributed by atoms with van der Waals surface area (Å²) in [6, 6.07) is 7.99. The van der Waals surface area contributed by atoms with Crippen molar-refractivity contribution in [3.63, 3.8) is 0 Å². The number of aryl methyl sites for hydroxylation is 1. The molecule has 0 saturated carbocycles. The van der Waals surface area contributed by atoms with Crippen molar-refractivity contribution in [2.24, 2.45) is 0 Å². The molecule has 3 aromatic rings. The van der Waals surface area contributed by atoms with Crippen molar-refractivity contribution in [3.8, 4) is 5.75 Å². The second kappa shape index (κ2) is 5.56. The molecule has 20 heavy (non-hydrogen) atoms. The Hall–Kier alpha value is -2.63. The van der Waals surface area contributed by atoms with E-state index < -0.39 is 0 Å². The van der Waals surface area contributed by atoms with Gasteiger partial charge in [0.05, 0.1) is 6.54 Å². The van der Waals surface area contributed by atoms with Crippen LogP contribution in [0.25, 0.3) is 5.65 Å². The van der Waals surface area contributed by atoms with E-state index in [1.54, 1.807) is 12.5 Å². The summed E-state index contributed by atoms with van der Waals surface area (Å²) < 4.78 is 7.49. The van der Waals surface area contributed by atoms with Gasteiger partial charge < -0.3 is 10.1 Å². The number of nitrogens with one attached hydrogen (secondary N) is 1. The van der Waals surface area contributed by atoms with E-state index in [9.17, 15) is 0 Å². The summed E-state index contributed by atoms with van der Waals surface area (Å²) in [4.78, 5) is 4.25. The van der Waals surface area contributed by atoms with Gasteiger partial charge in [0.1, 0.15) is 18.7 Å². The van der Waals surface area contributed by atoms with Crippen molar-refractivity contribution in [3.05, 3.63) is 48.5 Å². The van der Waals surface area contributed by atoms with Crippen molar-refractivity contribution in [2.45, 2.75) is 6.92 Å². The number of ether oxygens (including phenoxy) is 1. The van der Waals surface area contributed by atoms with E-state index in [1.807, 2.05) is 41.8 Å². The molecule has 0 unspecified atom stereocenters. The van der Waals surface area contributed by atoms with Crippen LogP contribution in [0.2, 0.25) is 0 Å². The maximum Gasteiger partial charge on any atom is 0.203 e. The molecule has 0 aliphatic heterocycles. The molecule has 6 nitrogen and oxygen atoms in total. The van der Waals surface area contributed by atoms with E-state index in [2.05, 4.69) is 20.5 Å². The number of benzene rings is 1. The maximum absolute atomic E-state index is 5.67. The van der Waals surface area contributed by atoms with Gasteiger partial charge in [-0.2, -0.15) is 0 Å². The Labute approximate surface area is 116 Å². The smallest absolute Gasteiger partial charge is 0.203 e. The highest BCUT2D eigenvalue weighted by Gasteiger charge is 2.03. The first-order valence-electron chi connectivity index (χ1n) is 6.40. The molecule has 0 aliphatic rings. The number of hydrogen-bond donors (Lipinski definition) is 1. The average Bonchev–Trinajstić information content (AvgIpc) is 2.93. The van der Waals surface area contributed by atoms with Gasteiger partial charge in [-0.25, -0.2) is 4.98 Å². The van der Waals surface area contributed by atoms with Crippen LogP contribution in [0.5, 0.6) is 5.75 Å². The first-order chi connectivity index (χ1) is 9.83. The largest absolute Gasteiger partial charge is 0.492 e. The van der Waals surface area contributed by atoms with Gasteiger partial charge in [0.2, 0.25) is 5.65 Å². The van der Waals surface area contributed by atoms with Gasteiger partial charge >= 0.3 is 0 Å². The van der Waals surface area contributed by atoms with E-state index >= 15 is 0 Å². The predicted molar refractivity (Wildman–Crippen MR) is 75.9 cm³/mol.